The molecule has 3 N–H and O–H groups in total. The first-order chi connectivity index (χ1) is 9.58. The molecular formula is C14H19FN2O3. The van der Waals surface area contributed by atoms with E-state index in [-0.39, 0.29) is 30.3 Å². The van der Waals surface area contributed by atoms with Crippen molar-refractivity contribution >= 4 is 6.03 Å². The number of nitrogens with one attached hydrogen (secondary N) is 2. The summed E-state index contributed by atoms with van der Waals surface area (Å²) < 4.78 is 18.8. The molecule has 1 aliphatic heterocycles. The molecule has 110 valence electrons. The molecule has 0 radical (unpaired) electrons. The molecule has 3 unspecified atom stereocenters. The lowest BCUT2D eigenvalue weighted by Gasteiger charge is -2.18. The van der Waals surface area contributed by atoms with Crippen molar-refractivity contribution in [1.82, 2.24) is 10.6 Å². The Morgan fingerprint density at radius 2 is 2.30 bits per heavy atom. The average Bonchev–Trinajstić information content (AvgIpc) is 2.82. The van der Waals surface area contributed by atoms with E-state index in [1.807, 2.05) is 6.92 Å². The molecule has 1 heterocycles. The minimum absolute atomic E-state index is 0.0164. The molecule has 0 saturated carbocycles. The Balaban J connectivity index is 1.80. The van der Waals surface area contributed by atoms with Gasteiger partial charge in [0.05, 0.1) is 18.2 Å². The van der Waals surface area contributed by atoms with Crippen LogP contribution in [0.5, 0.6) is 0 Å². The third-order valence-corrected chi connectivity index (χ3v) is 3.41. The third-order valence-electron chi connectivity index (χ3n) is 3.41. The van der Waals surface area contributed by atoms with Gasteiger partial charge in [0.15, 0.2) is 0 Å². The van der Waals surface area contributed by atoms with Crippen LogP contribution in [0.15, 0.2) is 24.3 Å². The first-order valence-electron chi connectivity index (χ1n) is 6.66. The van der Waals surface area contributed by atoms with Crippen molar-refractivity contribution in [2.75, 3.05) is 13.2 Å². The lowest BCUT2D eigenvalue weighted by molar-refractivity contribution is 0.113. The highest BCUT2D eigenvalue weighted by atomic mass is 19.1. The fraction of sp³-hybridized carbons (Fsp3) is 0.500. The maximum Gasteiger partial charge on any atom is 0.315 e. The maximum absolute atomic E-state index is 13.4. The lowest BCUT2D eigenvalue weighted by Crippen LogP contribution is -2.45. The van der Waals surface area contributed by atoms with Gasteiger partial charge in [0.1, 0.15) is 5.82 Å². The van der Waals surface area contributed by atoms with Crippen LogP contribution in [0.2, 0.25) is 0 Å². The molecule has 1 aromatic rings. The van der Waals surface area contributed by atoms with Crippen LogP contribution >= 0.6 is 0 Å². The zero-order chi connectivity index (χ0) is 14.5. The summed E-state index contributed by atoms with van der Waals surface area (Å²) in [7, 11) is 0. The maximum atomic E-state index is 13.4. The Morgan fingerprint density at radius 3 is 2.95 bits per heavy atom. The van der Waals surface area contributed by atoms with Crippen molar-refractivity contribution in [3.63, 3.8) is 0 Å². The Morgan fingerprint density at radius 1 is 1.55 bits per heavy atom. The minimum atomic E-state index is -1.07. The number of halogens is 1. The molecule has 1 aliphatic rings. The van der Waals surface area contributed by atoms with E-state index in [2.05, 4.69) is 10.6 Å². The fourth-order valence-electron chi connectivity index (χ4n) is 2.19. The summed E-state index contributed by atoms with van der Waals surface area (Å²) in [4.78, 5) is 11.7. The second-order valence-electron chi connectivity index (χ2n) is 4.86. The smallest absolute Gasteiger partial charge is 0.315 e. The Labute approximate surface area is 117 Å². The van der Waals surface area contributed by atoms with Gasteiger partial charge in [0.2, 0.25) is 0 Å². The summed E-state index contributed by atoms with van der Waals surface area (Å²) in [5.41, 5.74) is 0.172. The molecule has 2 rings (SSSR count). The van der Waals surface area contributed by atoms with Crippen LogP contribution in [-0.2, 0) is 4.74 Å². The largest absolute Gasteiger partial charge is 0.386 e. The van der Waals surface area contributed by atoms with Crippen LogP contribution in [-0.4, -0.2) is 36.4 Å². The third kappa shape index (κ3) is 3.68. The first-order valence-corrected chi connectivity index (χ1v) is 6.66. The Hall–Kier alpha value is -1.66. The van der Waals surface area contributed by atoms with Crippen molar-refractivity contribution in [2.45, 2.75) is 31.6 Å². The van der Waals surface area contributed by atoms with E-state index in [9.17, 15) is 14.3 Å². The summed E-state index contributed by atoms with van der Waals surface area (Å²) >= 11 is 0. The number of aliphatic hydroxyl groups is 1. The second-order valence-corrected chi connectivity index (χ2v) is 4.86. The van der Waals surface area contributed by atoms with E-state index >= 15 is 0 Å². The zero-order valence-corrected chi connectivity index (χ0v) is 11.3. The molecule has 0 aliphatic carbocycles. The van der Waals surface area contributed by atoms with Crippen LogP contribution in [0, 0.1) is 5.82 Å². The van der Waals surface area contributed by atoms with Gasteiger partial charge in [0.25, 0.3) is 0 Å². The average molecular weight is 282 g/mol. The van der Waals surface area contributed by atoms with Crippen LogP contribution in [0.1, 0.15) is 25.0 Å². The zero-order valence-electron chi connectivity index (χ0n) is 11.3. The molecule has 1 aromatic carbocycles. The van der Waals surface area contributed by atoms with Gasteiger partial charge in [-0.1, -0.05) is 18.2 Å². The number of benzene rings is 1. The Kier molecular flexibility index (Phi) is 4.92. The van der Waals surface area contributed by atoms with Crippen molar-refractivity contribution in [2.24, 2.45) is 0 Å². The minimum Gasteiger partial charge on any atom is -0.386 e. The normalized spacial score (nSPS) is 23.4. The monoisotopic (exact) mass is 282 g/mol. The van der Waals surface area contributed by atoms with Crippen LogP contribution in [0.4, 0.5) is 9.18 Å². The highest BCUT2D eigenvalue weighted by molar-refractivity contribution is 5.74. The second kappa shape index (κ2) is 6.67. The number of amides is 2. The van der Waals surface area contributed by atoms with Gasteiger partial charge in [-0.15, -0.1) is 0 Å². The molecule has 2 amide bonds. The van der Waals surface area contributed by atoms with Gasteiger partial charge in [-0.05, 0) is 19.4 Å². The number of carbonyl (C=O) groups excluding carboxylic acids is 1. The van der Waals surface area contributed by atoms with Crippen LogP contribution in [0.25, 0.3) is 0 Å². The van der Waals surface area contributed by atoms with Crippen molar-refractivity contribution in [3.05, 3.63) is 35.6 Å². The van der Waals surface area contributed by atoms with Gasteiger partial charge in [-0.2, -0.15) is 0 Å². The molecule has 1 saturated heterocycles. The summed E-state index contributed by atoms with van der Waals surface area (Å²) in [5, 5.41) is 15.2. The summed E-state index contributed by atoms with van der Waals surface area (Å²) in [6.45, 7) is 2.48. The van der Waals surface area contributed by atoms with Crippen LogP contribution in [0.3, 0.4) is 0 Å². The highest BCUT2D eigenvalue weighted by Gasteiger charge is 2.25. The molecule has 0 spiro atoms. The van der Waals surface area contributed by atoms with E-state index in [0.717, 1.165) is 6.42 Å². The number of urea groups is 1. The van der Waals surface area contributed by atoms with E-state index < -0.39 is 11.9 Å². The fourth-order valence-corrected chi connectivity index (χ4v) is 2.19. The standard InChI is InChI=1S/C14H19FN2O3/c1-9-12(6-7-20-9)17-14(19)16-8-13(18)10-4-2-3-5-11(10)15/h2-5,9,12-13,18H,6-8H2,1H3,(H2,16,17,19). The lowest BCUT2D eigenvalue weighted by atomic mass is 10.1. The molecule has 1 fully saturated rings. The number of aliphatic hydroxyl groups excluding tert-OH is 1. The summed E-state index contributed by atoms with van der Waals surface area (Å²) in [6.07, 6.45) is -0.318. The van der Waals surface area contributed by atoms with E-state index in [4.69, 9.17) is 4.74 Å². The summed E-state index contributed by atoms with van der Waals surface area (Å²) in [6, 6.07) is 5.54. The van der Waals surface area contributed by atoms with Gasteiger partial charge in [0, 0.05) is 18.7 Å². The number of ether oxygens (including phenoxy) is 1. The van der Waals surface area contributed by atoms with Crippen molar-refractivity contribution < 1.29 is 19.0 Å². The molecule has 3 atom stereocenters. The highest BCUT2D eigenvalue weighted by Crippen LogP contribution is 2.16. The number of hydrogen-bond acceptors (Lipinski definition) is 3. The number of hydrogen-bond donors (Lipinski definition) is 3. The number of carbonyl (C=O) groups is 1. The molecular weight excluding hydrogens is 263 g/mol. The number of rotatable bonds is 4. The first kappa shape index (κ1) is 14.7. The van der Waals surface area contributed by atoms with Gasteiger partial charge in [-0.3, -0.25) is 0 Å². The SMILES string of the molecule is CC1OCCC1NC(=O)NCC(O)c1ccccc1F. The van der Waals surface area contributed by atoms with E-state index in [0.29, 0.717) is 6.61 Å². The summed E-state index contributed by atoms with van der Waals surface area (Å²) in [5.74, 6) is -0.486. The van der Waals surface area contributed by atoms with Crippen molar-refractivity contribution in [1.29, 1.82) is 0 Å². The van der Waals surface area contributed by atoms with Crippen molar-refractivity contribution in [3.8, 4) is 0 Å². The molecule has 0 aromatic heterocycles. The van der Waals surface area contributed by atoms with Gasteiger partial charge in [-0.25, -0.2) is 9.18 Å². The molecule has 5 nitrogen and oxygen atoms in total. The topological polar surface area (TPSA) is 70.6 Å². The molecule has 0 bridgehead atoms. The predicted molar refractivity (Wildman–Crippen MR) is 71.7 cm³/mol. The van der Waals surface area contributed by atoms with Gasteiger partial charge >= 0.3 is 6.03 Å². The molecule has 20 heavy (non-hydrogen) atoms. The molecule has 6 heteroatoms. The van der Waals surface area contributed by atoms with E-state index in [1.54, 1.807) is 12.1 Å². The van der Waals surface area contributed by atoms with Crippen LogP contribution < -0.4 is 10.6 Å². The quantitative estimate of drug-likeness (QED) is 0.780. The Bertz CT molecular complexity index is 469. The van der Waals surface area contributed by atoms with E-state index in [1.165, 1.54) is 12.1 Å². The predicted octanol–water partition coefficient (Wildman–Crippen LogP) is 1.34. The van der Waals surface area contributed by atoms with Gasteiger partial charge < -0.3 is 20.5 Å².